The molecule has 1 aliphatic rings. The van der Waals surface area contributed by atoms with Gasteiger partial charge in [-0.15, -0.1) is 0 Å². The van der Waals surface area contributed by atoms with Gasteiger partial charge in [-0.25, -0.2) is 0 Å². The van der Waals surface area contributed by atoms with Crippen LogP contribution in [0.15, 0.2) is 48.5 Å². The van der Waals surface area contributed by atoms with E-state index in [0.717, 1.165) is 11.1 Å². The van der Waals surface area contributed by atoms with Crippen LogP contribution >= 0.6 is 23.2 Å². The molecule has 0 aromatic heterocycles. The second-order valence-corrected chi connectivity index (χ2v) is 5.69. The summed E-state index contributed by atoms with van der Waals surface area (Å²) in [4.78, 5) is 11.7. The molecule has 0 spiro atoms. The number of halogens is 2. The van der Waals surface area contributed by atoms with Crippen LogP contribution in [0.5, 0.6) is 0 Å². The van der Waals surface area contributed by atoms with E-state index in [1.165, 1.54) is 0 Å². The van der Waals surface area contributed by atoms with E-state index in [0.29, 0.717) is 22.9 Å². The Kier molecular flexibility index (Phi) is 3.45. The van der Waals surface area contributed by atoms with Gasteiger partial charge in [0.2, 0.25) is 0 Å². The number of hydrogen-bond acceptors (Lipinski definition) is 2. The van der Waals surface area contributed by atoms with Crippen LogP contribution in [0.1, 0.15) is 24.0 Å². The van der Waals surface area contributed by atoms with Gasteiger partial charge in [0.05, 0.1) is 6.42 Å². The standard InChI is InChI=1S/C16H12Cl2O2/c17-13-5-1-11(2-6-13)16(10-9-15(19)20-16)12-3-7-14(18)8-4-12/h1-8H,9-10H2. The van der Waals surface area contributed by atoms with Crippen molar-refractivity contribution in [2.24, 2.45) is 0 Å². The van der Waals surface area contributed by atoms with Crippen molar-refractivity contribution in [1.29, 1.82) is 0 Å². The molecule has 0 bridgehead atoms. The Balaban J connectivity index is 2.12. The minimum absolute atomic E-state index is 0.185. The highest BCUT2D eigenvalue weighted by Crippen LogP contribution is 2.43. The van der Waals surface area contributed by atoms with Crippen LogP contribution < -0.4 is 0 Å². The lowest BCUT2D eigenvalue weighted by Crippen LogP contribution is -2.27. The minimum Gasteiger partial charge on any atom is -0.449 e. The van der Waals surface area contributed by atoms with Crippen LogP contribution in [0.3, 0.4) is 0 Å². The Bertz CT molecular complexity index is 587. The summed E-state index contributed by atoms with van der Waals surface area (Å²) in [5.41, 5.74) is 1.12. The second kappa shape index (κ2) is 5.12. The van der Waals surface area contributed by atoms with Gasteiger partial charge in [-0.1, -0.05) is 47.5 Å². The molecule has 0 amide bonds. The predicted molar refractivity (Wildman–Crippen MR) is 79.0 cm³/mol. The zero-order valence-corrected chi connectivity index (χ0v) is 12.1. The molecule has 3 rings (SSSR count). The van der Waals surface area contributed by atoms with Gasteiger partial charge in [0.25, 0.3) is 0 Å². The molecule has 1 aliphatic heterocycles. The van der Waals surface area contributed by atoms with Gasteiger partial charge in [-0.3, -0.25) is 4.79 Å². The summed E-state index contributed by atoms with van der Waals surface area (Å²) < 4.78 is 5.68. The Morgan fingerprint density at radius 2 is 1.30 bits per heavy atom. The Morgan fingerprint density at radius 3 is 1.65 bits per heavy atom. The van der Waals surface area contributed by atoms with Gasteiger partial charge < -0.3 is 4.74 Å². The van der Waals surface area contributed by atoms with Crippen LogP contribution in [-0.2, 0) is 15.1 Å². The van der Waals surface area contributed by atoms with E-state index < -0.39 is 5.60 Å². The third-order valence-electron chi connectivity index (χ3n) is 3.59. The van der Waals surface area contributed by atoms with E-state index >= 15 is 0 Å². The van der Waals surface area contributed by atoms with Crippen molar-refractivity contribution in [3.05, 3.63) is 69.7 Å². The normalized spacial score (nSPS) is 17.0. The van der Waals surface area contributed by atoms with Crippen molar-refractivity contribution in [3.63, 3.8) is 0 Å². The fourth-order valence-electron chi connectivity index (χ4n) is 2.59. The van der Waals surface area contributed by atoms with E-state index in [1.54, 1.807) is 24.3 Å². The fraction of sp³-hybridized carbons (Fsp3) is 0.188. The molecule has 20 heavy (non-hydrogen) atoms. The molecule has 0 saturated carbocycles. The molecule has 1 saturated heterocycles. The molecular weight excluding hydrogens is 295 g/mol. The lowest BCUT2D eigenvalue weighted by atomic mass is 9.84. The van der Waals surface area contributed by atoms with Crippen molar-refractivity contribution >= 4 is 29.2 Å². The first-order valence-electron chi connectivity index (χ1n) is 6.34. The number of benzene rings is 2. The molecule has 1 heterocycles. The monoisotopic (exact) mass is 306 g/mol. The molecule has 0 atom stereocenters. The number of ether oxygens (including phenoxy) is 1. The largest absolute Gasteiger partial charge is 0.449 e. The Labute approximate surface area is 127 Å². The van der Waals surface area contributed by atoms with E-state index in [4.69, 9.17) is 27.9 Å². The van der Waals surface area contributed by atoms with Crippen molar-refractivity contribution in [2.45, 2.75) is 18.4 Å². The summed E-state index contributed by atoms with van der Waals surface area (Å²) >= 11 is 11.9. The molecule has 0 aliphatic carbocycles. The first kappa shape index (κ1) is 13.5. The van der Waals surface area contributed by atoms with Crippen LogP contribution in [0.2, 0.25) is 10.0 Å². The van der Waals surface area contributed by atoms with Crippen LogP contribution in [0.4, 0.5) is 0 Å². The molecule has 2 nitrogen and oxygen atoms in total. The first-order valence-corrected chi connectivity index (χ1v) is 7.10. The maximum atomic E-state index is 11.7. The van der Waals surface area contributed by atoms with Gasteiger partial charge in [0, 0.05) is 27.6 Å². The summed E-state index contributed by atoms with van der Waals surface area (Å²) in [7, 11) is 0. The van der Waals surface area contributed by atoms with Gasteiger partial charge in [-0.2, -0.15) is 0 Å². The number of carbonyl (C=O) groups excluding carboxylic acids is 1. The maximum absolute atomic E-state index is 11.7. The van der Waals surface area contributed by atoms with Gasteiger partial charge >= 0.3 is 5.97 Å². The van der Waals surface area contributed by atoms with Crippen LogP contribution in [0.25, 0.3) is 0 Å². The molecule has 0 N–H and O–H groups in total. The summed E-state index contributed by atoms with van der Waals surface area (Å²) in [6.07, 6.45) is 1.03. The number of esters is 1. The number of hydrogen-bond donors (Lipinski definition) is 0. The molecule has 0 unspecified atom stereocenters. The number of carbonyl (C=O) groups is 1. The molecule has 2 aromatic rings. The smallest absolute Gasteiger partial charge is 0.307 e. The molecule has 4 heteroatoms. The highest BCUT2D eigenvalue weighted by molar-refractivity contribution is 6.30. The third-order valence-corrected chi connectivity index (χ3v) is 4.09. The summed E-state index contributed by atoms with van der Waals surface area (Å²) in [6.45, 7) is 0. The molecule has 102 valence electrons. The minimum atomic E-state index is -0.730. The van der Waals surface area contributed by atoms with Gasteiger partial charge in [0.1, 0.15) is 0 Å². The zero-order chi connectivity index (χ0) is 14.2. The average Bonchev–Trinajstić information content (AvgIpc) is 2.84. The Morgan fingerprint density at radius 1 is 0.850 bits per heavy atom. The van der Waals surface area contributed by atoms with Gasteiger partial charge in [-0.05, 0) is 24.3 Å². The van der Waals surface area contributed by atoms with Crippen LogP contribution in [0, 0.1) is 0 Å². The number of rotatable bonds is 2. The lowest BCUT2D eigenvalue weighted by Gasteiger charge is -2.29. The summed E-state index contributed by atoms with van der Waals surface area (Å²) in [6, 6.07) is 14.8. The molecule has 2 aromatic carbocycles. The van der Waals surface area contributed by atoms with Crippen molar-refractivity contribution < 1.29 is 9.53 Å². The van der Waals surface area contributed by atoms with Crippen molar-refractivity contribution in [3.8, 4) is 0 Å². The molecular formula is C16H12Cl2O2. The fourth-order valence-corrected chi connectivity index (χ4v) is 2.84. The molecule has 0 radical (unpaired) electrons. The summed E-state index contributed by atoms with van der Waals surface area (Å²) in [5.74, 6) is -0.185. The Hall–Kier alpha value is -1.51. The topological polar surface area (TPSA) is 26.3 Å². The highest BCUT2D eigenvalue weighted by atomic mass is 35.5. The second-order valence-electron chi connectivity index (χ2n) is 4.81. The van der Waals surface area contributed by atoms with E-state index in [9.17, 15) is 4.79 Å². The summed E-state index contributed by atoms with van der Waals surface area (Å²) in [5, 5.41) is 1.31. The number of cyclic esters (lactones) is 1. The maximum Gasteiger partial charge on any atom is 0.307 e. The van der Waals surface area contributed by atoms with Crippen molar-refractivity contribution in [1.82, 2.24) is 0 Å². The predicted octanol–water partition coefficient (Wildman–Crippen LogP) is 4.57. The van der Waals surface area contributed by atoms with E-state index in [-0.39, 0.29) is 5.97 Å². The van der Waals surface area contributed by atoms with E-state index in [1.807, 2.05) is 24.3 Å². The average molecular weight is 307 g/mol. The molecule has 1 fully saturated rings. The highest BCUT2D eigenvalue weighted by Gasteiger charge is 2.43. The zero-order valence-electron chi connectivity index (χ0n) is 10.6. The first-order chi connectivity index (χ1) is 9.60. The third kappa shape index (κ3) is 2.30. The van der Waals surface area contributed by atoms with Crippen LogP contribution in [-0.4, -0.2) is 5.97 Å². The van der Waals surface area contributed by atoms with Gasteiger partial charge in [0.15, 0.2) is 5.60 Å². The lowest BCUT2D eigenvalue weighted by molar-refractivity contribution is -0.146. The SMILES string of the molecule is O=C1CCC(c2ccc(Cl)cc2)(c2ccc(Cl)cc2)O1. The van der Waals surface area contributed by atoms with Crippen molar-refractivity contribution in [2.75, 3.05) is 0 Å². The quantitative estimate of drug-likeness (QED) is 0.759. The van der Waals surface area contributed by atoms with E-state index in [2.05, 4.69) is 0 Å².